The van der Waals surface area contributed by atoms with Crippen molar-refractivity contribution < 1.29 is 9.90 Å². The Labute approximate surface area is 133 Å². The fraction of sp³-hybridized carbons (Fsp3) is 0.611. The fourth-order valence-electron chi connectivity index (χ4n) is 3.37. The summed E-state index contributed by atoms with van der Waals surface area (Å²) < 4.78 is 0. The molecule has 0 atom stereocenters. The predicted octanol–water partition coefficient (Wildman–Crippen LogP) is 3.63. The van der Waals surface area contributed by atoms with Crippen LogP contribution < -0.4 is 5.32 Å². The van der Waals surface area contributed by atoms with Crippen molar-refractivity contribution in [3.63, 3.8) is 0 Å². The van der Waals surface area contributed by atoms with Crippen molar-refractivity contribution in [2.45, 2.75) is 47.0 Å². The van der Waals surface area contributed by atoms with E-state index in [-0.39, 0.29) is 18.1 Å². The van der Waals surface area contributed by atoms with Crippen molar-refractivity contribution in [3.8, 4) is 0 Å². The Morgan fingerprint density at radius 1 is 1.23 bits per heavy atom. The van der Waals surface area contributed by atoms with E-state index >= 15 is 0 Å². The Hall–Kier alpha value is -1.55. The molecule has 1 aromatic rings. The summed E-state index contributed by atoms with van der Waals surface area (Å²) in [4.78, 5) is 14.4. The van der Waals surface area contributed by atoms with Gasteiger partial charge in [0.2, 0.25) is 0 Å². The molecule has 1 fully saturated rings. The highest BCUT2D eigenvalue weighted by Crippen LogP contribution is 2.34. The smallest absolute Gasteiger partial charge is 0.321 e. The van der Waals surface area contributed by atoms with Gasteiger partial charge in [0.05, 0.1) is 0 Å². The number of amides is 2. The Balaban J connectivity index is 2.03. The maximum Gasteiger partial charge on any atom is 0.321 e. The van der Waals surface area contributed by atoms with Crippen LogP contribution in [0.3, 0.4) is 0 Å². The Kier molecular flexibility index (Phi) is 5.12. The number of rotatable bonds is 3. The van der Waals surface area contributed by atoms with Crippen LogP contribution in [0.2, 0.25) is 0 Å². The van der Waals surface area contributed by atoms with Gasteiger partial charge in [0.1, 0.15) is 0 Å². The summed E-state index contributed by atoms with van der Waals surface area (Å²) in [6.45, 7) is 9.88. The van der Waals surface area contributed by atoms with Crippen LogP contribution in [0, 0.1) is 26.2 Å². The minimum Gasteiger partial charge on any atom is -0.396 e. The highest BCUT2D eigenvalue weighted by atomic mass is 16.3. The number of carbonyl (C=O) groups is 1. The number of benzene rings is 1. The summed E-state index contributed by atoms with van der Waals surface area (Å²) in [5.74, 6) is 0. The largest absolute Gasteiger partial charge is 0.396 e. The van der Waals surface area contributed by atoms with E-state index in [9.17, 15) is 9.90 Å². The molecule has 1 heterocycles. The number of hydrogen-bond donors (Lipinski definition) is 2. The third-order valence-electron chi connectivity index (χ3n) is 5.11. The third-order valence-corrected chi connectivity index (χ3v) is 5.11. The number of anilines is 1. The molecular weight excluding hydrogens is 276 g/mol. The average molecular weight is 304 g/mol. The van der Waals surface area contributed by atoms with E-state index in [2.05, 4.69) is 31.3 Å². The summed E-state index contributed by atoms with van der Waals surface area (Å²) in [5.41, 5.74) is 4.33. The SMILES string of the molecule is CCC1(CO)CCN(C(=O)Nc2c(C)cc(C)cc2C)CC1. The molecule has 2 N–H and O–H groups in total. The molecule has 2 amide bonds. The van der Waals surface area contributed by atoms with Gasteiger partial charge in [-0.05, 0) is 56.6 Å². The minimum absolute atomic E-state index is 0.00642. The molecule has 4 heteroatoms. The van der Waals surface area contributed by atoms with Crippen LogP contribution in [-0.4, -0.2) is 35.7 Å². The van der Waals surface area contributed by atoms with Crippen LogP contribution in [-0.2, 0) is 0 Å². The zero-order valence-electron chi connectivity index (χ0n) is 14.2. The molecule has 1 aromatic carbocycles. The van der Waals surface area contributed by atoms with Crippen molar-refractivity contribution in [1.82, 2.24) is 4.90 Å². The van der Waals surface area contributed by atoms with Crippen LogP contribution in [0.1, 0.15) is 42.9 Å². The molecule has 122 valence electrons. The van der Waals surface area contributed by atoms with Gasteiger partial charge in [-0.2, -0.15) is 0 Å². The lowest BCUT2D eigenvalue weighted by atomic mass is 9.77. The molecule has 0 radical (unpaired) electrons. The zero-order valence-corrected chi connectivity index (χ0v) is 14.2. The zero-order chi connectivity index (χ0) is 16.3. The standard InChI is InChI=1S/C18H28N2O2/c1-5-18(12-21)6-8-20(9-7-18)17(22)19-16-14(3)10-13(2)11-15(16)4/h10-11,21H,5-9,12H2,1-4H3,(H,19,22). The molecule has 0 spiro atoms. The molecule has 1 aliphatic rings. The first-order chi connectivity index (χ1) is 10.4. The molecule has 0 unspecified atom stereocenters. The number of nitrogens with zero attached hydrogens (tertiary/aromatic N) is 1. The van der Waals surface area contributed by atoms with Crippen LogP contribution in [0.4, 0.5) is 10.5 Å². The Morgan fingerprint density at radius 2 is 1.77 bits per heavy atom. The predicted molar refractivity (Wildman–Crippen MR) is 90.3 cm³/mol. The van der Waals surface area contributed by atoms with E-state index in [0.29, 0.717) is 13.1 Å². The number of aliphatic hydroxyl groups is 1. The van der Waals surface area contributed by atoms with E-state index in [1.807, 2.05) is 18.7 Å². The van der Waals surface area contributed by atoms with E-state index in [1.54, 1.807) is 0 Å². The van der Waals surface area contributed by atoms with E-state index in [0.717, 1.165) is 36.1 Å². The van der Waals surface area contributed by atoms with Gasteiger partial charge >= 0.3 is 6.03 Å². The van der Waals surface area contributed by atoms with Crippen LogP contribution in [0.15, 0.2) is 12.1 Å². The number of nitrogens with one attached hydrogen (secondary N) is 1. The van der Waals surface area contributed by atoms with Gasteiger partial charge in [0, 0.05) is 25.4 Å². The Bertz CT molecular complexity index is 517. The molecule has 2 rings (SSSR count). The monoisotopic (exact) mass is 304 g/mol. The van der Waals surface area contributed by atoms with E-state index in [4.69, 9.17) is 0 Å². The summed E-state index contributed by atoms with van der Waals surface area (Å²) in [6.07, 6.45) is 2.72. The van der Waals surface area contributed by atoms with E-state index < -0.39 is 0 Å². The first kappa shape index (κ1) is 16.8. The molecule has 0 aliphatic carbocycles. The highest BCUT2D eigenvalue weighted by molar-refractivity contribution is 5.91. The van der Waals surface area contributed by atoms with Gasteiger partial charge < -0.3 is 15.3 Å². The molecule has 0 aromatic heterocycles. The highest BCUT2D eigenvalue weighted by Gasteiger charge is 2.34. The molecule has 0 saturated carbocycles. The second-order valence-corrected chi connectivity index (χ2v) is 6.70. The quantitative estimate of drug-likeness (QED) is 0.896. The number of aryl methyl sites for hydroxylation is 3. The first-order valence-corrected chi connectivity index (χ1v) is 8.15. The molecule has 0 bridgehead atoms. The molecule has 22 heavy (non-hydrogen) atoms. The van der Waals surface area contributed by atoms with Gasteiger partial charge in [-0.3, -0.25) is 0 Å². The van der Waals surface area contributed by atoms with Crippen molar-refractivity contribution in [2.75, 3.05) is 25.0 Å². The van der Waals surface area contributed by atoms with Gasteiger partial charge in [-0.15, -0.1) is 0 Å². The number of aliphatic hydroxyl groups excluding tert-OH is 1. The Morgan fingerprint density at radius 3 is 2.23 bits per heavy atom. The summed E-state index contributed by atoms with van der Waals surface area (Å²) in [5, 5.41) is 12.6. The van der Waals surface area contributed by atoms with Gasteiger partial charge in [0.15, 0.2) is 0 Å². The van der Waals surface area contributed by atoms with Gasteiger partial charge in [-0.25, -0.2) is 4.79 Å². The number of hydrogen-bond acceptors (Lipinski definition) is 2. The number of carbonyl (C=O) groups excluding carboxylic acids is 1. The summed E-state index contributed by atoms with van der Waals surface area (Å²) >= 11 is 0. The maximum absolute atomic E-state index is 12.5. The molecular formula is C18H28N2O2. The van der Waals surface area contributed by atoms with Crippen molar-refractivity contribution in [3.05, 3.63) is 28.8 Å². The van der Waals surface area contributed by atoms with Crippen molar-refractivity contribution in [2.24, 2.45) is 5.41 Å². The van der Waals surface area contributed by atoms with Crippen molar-refractivity contribution in [1.29, 1.82) is 0 Å². The van der Waals surface area contributed by atoms with Gasteiger partial charge in [0.25, 0.3) is 0 Å². The van der Waals surface area contributed by atoms with Crippen molar-refractivity contribution >= 4 is 11.7 Å². The first-order valence-electron chi connectivity index (χ1n) is 8.15. The summed E-state index contributed by atoms with van der Waals surface area (Å²) in [7, 11) is 0. The normalized spacial score (nSPS) is 17.4. The minimum atomic E-state index is -0.0299. The topological polar surface area (TPSA) is 52.6 Å². The van der Waals surface area contributed by atoms with Crippen LogP contribution >= 0.6 is 0 Å². The second kappa shape index (κ2) is 6.69. The van der Waals surface area contributed by atoms with Gasteiger partial charge in [-0.1, -0.05) is 24.6 Å². The summed E-state index contributed by atoms with van der Waals surface area (Å²) in [6, 6.07) is 4.15. The lowest BCUT2D eigenvalue weighted by molar-refractivity contribution is 0.0542. The second-order valence-electron chi connectivity index (χ2n) is 6.70. The average Bonchev–Trinajstić information content (AvgIpc) is 2.50. The van der Waals surface area contributed by atoms with Crippen LogP contribution in [0.25, 0.3) is 0 Å². The lowest BCUT2D eigenvalue weighted by Gasteiger charge is -2.40. The third kappa shape index (κ3) is 3.43. The molecule has 1 saturated heterocycles. The molecule has 1 aliphatic heterocycles. The number of urea groups is 1. The maximum atomic E-state index is 12.5. The fourth-order valence-corrected chi connectivity index (χ4v) is 3.37. The molecule has 4 nitrogen and oxygen atoms in total. The number of piperidine rings is 1. The number of likely N-dealkylation sites (tertiary alicyclic amines) is 1. The van der Waals surface area contributed by atoms with Crippen LogP contribution in [0.5, 0.6) is 0 Å². The van der Waals surface area contributed by atoms with E-state index in [1.165, 1.54) is 5.56 Å². The lowest BCUT2D eigenvalue weighted by Crippen LogP contribution is -2.46.